The van der Waals surface area contributed by atoms with Crippen LogP contribution in [0.15, 0.2) is 12.1 Å². The highest BCUT2D eigenvalue weighted by Gasteiger charge is 2.58. The molecule has 0 saturated heterocycles. The topological polar surface area (TPSA) is 76.0 Å². The number of rotatable bonds is 0. The van der Waals surface area contributed by atoms with Crippen molar-refractivity contribution in [1.29, 1.82) is 0 Å². The zero-order valence-electron chi connectivity index (χ0n) is 15.3. The highest BCUT2D eigenvalue weighted by molar-refractivity contribution is 14.1. The molecule has 0 amide bonds. The van der Waals surface area contributed by atoms with Gasteiger partial charge in [0.25, 0.3) is 0 Å². The minimum Gasteiger partial charge on any atom is -0.506 e. The molecule has 0 aliphatic carbocycles. The van der Waals surface area contributed by atoms with Crippen molar-refractivity contribution >= 4 is 132 Å². The first kappa shape index (κ1) is 24.8. The van der Waals surface area contributed by atoms with Gasteiger partial charge in [0.2, 0.25) is 0 Å². The van der Waals surface area contributed by atoms with Crippen LogP contribution in [0.4, 0.5) is 0 Å². The van der Waals surface area contributed by atoms with Crippen LogP contribution in [0, 0.1) is 10.7 Å². The van der Waals surface area contributed by atoms with Crippen LogP contribution in [0.5, 0.6) is 23.0 Å². The van der Waals surface area contributed by atoms with Gasteiger partial charge in [0, 0.05) is 5.56 Å². The molecule has 2 aliphatic rings. The summed E-state index contributed by atoms with van der Waals surface area (Å²) < 4.78 is 13.3. The summed E-state index contributed by atoms with van der Waals surface area (Å²) in [4.78, 5) is 13.2. The monoisotopic (exact) mass is 880 g/mol. The van der Waals surface area contributed by atoms with Crippen molar-refractivity contribution in [3.63, 3.8) is 0 Å². The van der Waals surface area contributed by atoms with Gasteiger partial charge < -0.3 is 19.7 Å². The molecule has 170 valence electrons. The van der Waals surface area contributed by atoms with Crippen molar-refractivity contribution < 1.29 is 24.5 Å². The Morgan fingerprint density at radius 1 is 0.758 bits per heavy atom. The molecule has 1 spiro atoms. The first-order valence-electron chi connectivity index (χ1n) is 8.63. The first-order valence-corrected chi connectivity index (χ1v) is 13.8. The zero-order chi connectivity index (χ0) is 24.1. The fourth-order valence-electron chi connectivity index (χ4n) is 3.93. The molecular weight excluding hydrogens is 878 g/mol. The molecule has 33 heavy (non-hydrogen) atoms. The predicted octanol–water partition coefficient (Wildman–Crippen LogP) is 8.75. The van der Waals surface area contributed by atoms with E-state index in [2.05, 4.69) is 0 Å². The molecule has 1 atom stereocenters. The summed E-state index contributed by atoms with van der Waals surface area (Å²) in [5, 5.41) is 20.6. The third kappa shape index (κ3) is 3.23. The third-order valence-electron chi connectivity index (χ3n) is 5.33. The first-order chi connectivity index (χ1) is 15.4. The fourth-order valence-corrected chi connectivity index (χ4v) is 7.76. The maximum Gasteiger partial charge on any atom is 0.341 e. The van der Waals surface area contributed by atoms with Gasteiger partial charge in [0.15, 0.2) is 22.8 Å². The molecule has 5 nitrogen and oxygen atoms in total. The summed E-state index contributed by atoms with van der Waals surface area (Å²) in [5.74, 6) is -0.849. The van der Waals surface area contributed by atoms with Gasteiger partial charge >= 0.3 is 5.97 Å². The van der Waals surface area contributed by atoms with Gasteiger partial charge in [0.05, 0.1) is 47.5 Å². The summed E-state index contributed by atoms with van der Waals surface area (Å²) in [6.45, 7) is 0. The van der Waals surface area contributed by atoms with Gasteiger partial charge in [-0.15, -0.1) is 0 Å². The van der Waals surface area contributed by atoms with Crippen LogP contribution in [0.3, 0.4) is 0 Å². The number of aromatic hydroxyl groups is 2. The molecule has 2 aliphatic heterocycles. The molecule has 1 unspecified atom stereocenters. The number of carbonyl (C=O) groups is 1. The molecule has 0 aromatic heterocycles. The van der Waals surface area contributed by atoms with Crippen molar-refractivity contribution in [3.05, 3.63) is 70.2 Å². The van der Waals surface area contributed by atoms with Crippen molar-refractivity contribution in [2.24, 2.45) is 0 Å². The molecule has 0 fully saturated rings. The van der Waals surface area contributed by atoms with E-state index in [-0.39, 0.29) is 59.2 Å². The van der Waals surface area contributed by atoms with E-state index >= 15 is 0 Å². The molecule has 0 bridgehead atoms. The number of benzene rings is 3. The Morgan fingerprint density at radius 2 is 1.30 bits per heavy atom. The van der Waals surface area contributed by atoms with E-state index in [1.807, 2.05) is 67.8 Å². The minimum absolute atomic E-state index is 0.0273. The van der Waals surface area contributed by atoms with Gasteiger partial charge in [-0.3, -0.25) is 0 Å². The van der Waals surface area contributed by atoms with E-state index in [0.717, 1.165) is 0 Å². The van der Waals surface area contributed by atoms with Gasteiger partial charge in [-0.25, -0.2) is 4.79 Å². The molecule has 0 radical (unpaired) electrons. The SMILES string of the molecule is O=C1OC2(c3cc(I)c(O)c(Cl)c3Oc3c2cc(I)c(O)c3I)c2c(Cl)c(Cl)c(Cl)c(Cl)c21. The fraction of sp³-hybridized carbons (Fsp3) is 0.0500. The summed E-state index contributed by atoms with van der Waals surface area (Å²) in [6.07, 6.45) is 0. The van der Waals surface area contributed by atoms with Crippen molar-refractivity contribution in [1.82, 2.24) is 0 Å². The molecule has 13 heteroatoms. The van der Waals surface area contributed by atoms with E-state index in [1.165, 1.54) is 0 Å². The van der Waals surface area contributed by atoms with E-state index in [0.29, 0.717) is 21.8 Å². The number of esters is 1. The summed E-state index contributed by atoms with van der Waals surface area (Å²) in [7, 11) is 0. The van der Waals surface area contributed by atoms with Gasteiger partial charge in [-0.1, -0.05) is 58.0 Å². The molecule has 5 rings (SSSR count). The molecule has 2 heterocycles. The van der Waals surface area contributed by atoms with Gasteiger partial charge in [-0.2, -0.15) is 0 Å². The number of hydrogen-bond donors (Lipinski definition) is 2. The van der Waals surface area contributed by atoms with Crippen LogP contribution in [-0.2, 0) is 10.3 Å². The lowest BCUT2D eigenvalue weighted by molar-refractivity contribution is 0.0223. The maximum atomic E-state index is 13.2. The van der Waals surface area contributed by atoms with Crippen molar-refractivity contribution in [2.45, 2.75) is 5.60 Å². The second kappa shape index (κ2) is 8.35. The van der Waals surface area contributed by atoms with E-state index < -0.39 is 11.6 Å². The molecule has 2 N–H and O–H groups in total. The minimum atomic E-state index is -1.70. The third-order valence-corrected chi connectivity index (χ3v) is 10.1. The summed E-state index contributed by atoms with van der Waals surface area (Å²) >= 11 is 37.9. The lowest BCUT2D eigenvalue weighted by atomic mass is 9.77. The highest BCUT2D eigenvalue weighted by Crippen LogP contribution is 2.64. The van der Waals surface area contributed by atoms with Gasteiger partial charge in [-0.05, 0) is 79.9 Å². The van der Waals surface area contributed by atoms with Crippen LogP contribution < -0.4 is 4.74 Å². The normalized spacial score (nSPS) is 18.0. The van der Waals surface area contributed by atoms with Crippen LogP contribution in [0.2, 0.25) is 25.1 Å². The lowest BCUT2D eigenvalue weighted by Gasteiger charge is -2.38. The summed E-state index contributed by atoms with van der Waals surface area (Å²) in [6, 6.07) is 3.18. The molecule has 0 saturated carbocycles. The Labute approximate surface area is 252 Å². The van der Waals surface area contributed by atoms with Crippen LogP contribution in [-0.4, -0.2) is 16.2 Å². The lowest BCUT2D eigenvalue weighted by Crippen LogP contribution is -2.34. The molecule has 3 aromatic rings. The Hall–Kier alpha value is 0.170. The maximum absolute atomic E-state index is 13.2. The highest BCUT2D eigenvalue weighted by atomic mass is 127. The van der Waals surface area contributed by atoms with E-state index in [4.69, 9.17) is 67.5 Å². The van der Waals surface area contributed by atoms with E-state index in [9.17, 15) is 15.0 Å². The molecule has 3 aromatic carbocycles. The second-order valence-electron chi connectivity index (χ2n) is 6.97. The smallest absolute Gasteiger partial charge is 0.341 e. The Kier molecular flexibility index (Phi) is 6.29. The van der Waals surface area contributed by atoms with Crippen molar-refractivity contribution in [3.8, 4) is 23.0 Å². The number of carbonyl (C=O) groups excluding carboxylic acids is 1. The van der Waals surface area contributed by atoms with Crippen LogP contribution in [0.1, 0.15) is 27.0 Å². The molecular formula is C20H4Cl5I3O5. The summed E-state index contributed by atoms with van der Waals surface area (Å²) in [5.41, 5.74) is -0.929. The number of halogens is 8. The second-order valence-corrected chi connectivity index (χ2v) is 12.3. The Bertz CT molecular complexity index is 1400. The van der Waals surface area contributed by atoms with Crippen LogP contribution >= 0.6 is 126 Å². The van der Waals surface area contributed by atoms with E-state index in [1.54, 1.807) is 12.1 Å². The van der Waals surface area contributed by atoms with Crippen LogP contribution in [0.25, 0.3) is 0 Å². The Balaban J connectivity index is 2.05. The quantitative estimate of drug-likeness (QED) is 0.102. The number of phenolic OH excluding ortho intramolecular Hbond substituents is 2. The number of fused-ring (bicyclic) bond motifs is 6. The number of phenols is 2. The van der Waals surface area contributed by atoms with Gasteiger partial charge in [0.1, 0.15) is 10.8 Å². The van der Waals surface area contributed by atoms with Crippen molar-refractivity contribution in [2.75, 3.05) is 0 Å². The zero-order valence-corrected chi connectivity index (χ0v) is 25.5. The average Bonchev–Trinajstić information content (AvgIpc) is 3.08. The average molecular weight is 882 g/mol. The largest absolute Gasteiger partial charge is 0.506 e. The standard InChI is InChI=1S/C20H4Cl5I3O5/c21-9-7-8(10(22)12(24)11(9)23)20(33-19(7)31)3-1-5(26)15(29)13(25)17(3)32-18-4(20)2-6(27)16(30)14(18)28/h1-2,29-30H. The predicted molar refractivity (Wildman–Crippen MR) is 151 cm³/mol. The Morgan fingerprint density at radius 3 is 1.94 bits per heavy atom. The number of hydrogen-bond acceptors (Lipinski definition) is 5. The number of ether oxygens (including phenoxy) is 2.